The number of ether oxygens (including phenoxy) is 1. The molecule has 1 aliphatic heterocycles. The maximum absolute atomic E-state index is 13.4. The average Bonchev–Trinajstić information content (AvgIpc) is 3.35. The number of aryl methyl sites for hydroxylation is 2. The van der Waals surface area contributed by atoms with Crippen molar-refractivity contribution in [2.45, 2.75) is 20.3 Å². The van der Waals surface area contributed by atoms with Gasteiger partial charge in [-0.25, -0.2) is 4.90 Å². The van der Waals surface area contributed by atoms with Gasteiger partial charge in [0, 0.05) is 4.88 Å². The summed E-state index contributed by atoms with van der Waals surface area (Å²) in [6, 6.07) is 16.9. The molecule has 0 aliphatic carbocycles. The predicted molar refractivity (Wildman–Crippen MR) is 121 cm³/mol. The van der Waals surface area contributed by atoms with Crippen molar-refractivity contribution in [1.29, 1.82) is 0 Å². The zero-order valence-electron chi connectivity index (χ0n) is 17.1. The minimum absolute atomic E-state index is 0.255. The number of imide groups is 1. The van der Waals surface area contributed by atoms with Crippen LogP contribution in [0.5, 0.6) is 5.75 Å². The van der Waals surface area contributed by atoms with E-state index in [0.717, 1.165) is 22.4 Å². The maximum Gasteiger partial charge on any atom is 0.282 e. The Morgan fingerprint density at radius 3 is 2.43 bits per heavy atom. The summed E-state index contributed by atoms with van der Waals surface area (Å²) in [5.74, 6) is -0.110. The molecule has 1 N–H and O–H groups in total. The van der Waals surface area contributed by atoms with E-state index in [4.69, 9.17) is 4.74 Å². The molecule has 152 valence electrons. The third-order valence-corrected chi connectivity index (χ3v) is 5.96. The highest BCUT2D eigenvalue weighted by Gasteiger charge is 2.40. The summed E-state index contributed by atoms with van der Waals surface area (Å²) in [4.78, 5) is 28.8. The molecule has 0 bridgehead atoms. The molecule has 4 rings (SSSR count). The fourth-order valence-electron chi connectivity index (χ4n) is 3.46. The molecule has 0 spiro atoms. The first-order valence-electron chi connectivity index (χ1n) is 9.71. The molecular weight excluding hydrogens is 396 g/mol. The Morgan fingerprint density at radius 1 is 1.03 bits per heavy atom. The first kappa shape index (κ1) is 19.9. The van der Waals surface area contributed by atoms with Gasteiger partial charge in [0.15, 0.2) is 0 Å². The van der Waals surface area contributed by atoms with Crippen LogP contribution in [0.4, 0.5) is 11.4 Å². The first-order valence-corrected chi connectivity index (χ1v) is 10.6. The van der Waals surface area contributed by atoms with Crippen LogP contribution >= 0.6 is 11.3 Å². The van der Waals surface area contributed by atoms with Gasteiger partial charge in [0.05, 0.1) is 24.1 Å². The normalized spacial score (nSPS) is 13.9. The number of hydrogen-bond donors (Lipinski definition) is 1. The fraction of sp³-hybridized carbons (Fsp3) is 0.167. The van der Waals surface area contributed by atoms with Crippen LogP contribution in [0.15, 0.2) is 65.7 Å². The number of amides is 2. The topological polar surface area (TPSA) is 58.6 Å². The molecule has 6 heteroatoms. The molecule has 0 radical (unpaired) electrons. The van der Waals surface area contributed by atoms with E-state index in [1.807, 2.05) is 66.9 Å². The molecule has 2 amide bonds. The molecular formula is C24H22N2O3S. The van der Waals surface area contributed by atoms with Crippen molar-refractivity contribution in [2.75, 3.05) is 17.3 Å². The molecule has 0 saturated heterocycles. The minimum atomic E-state index is -0.379. The van der Waals surface area contributed by atoms with Gasteiger partial charge in [0.1, 0.15) is 11.4 Å². The standard InChI is InChI=1S/C24H22N2O3S/c1-4-16-8-10-17(11-9-16)26-23(27)21(20-6-5-13-30-20)22(24(26)28)25-18-14-15(2)7-12-19(18)29-3/h5-14,25H,4H2,1-3H3. The van der Waals surface area contributed by atoms with Crippen molar-refractivity contribution in [1.82, 2.24) is 0 Å². The SMILES string of the molecule is CCc1ccc(N2C(=O)C(Nc3cc(C)ccc3OC)=C(c3cccs3)C2=O)cc1. The largest absolute Gasteiger partial charge is 0.495 e. The third kappa shape index (κ3) is 3.50. The van der Waals surface area contributed by atoms with Crippen molar-refractivity contribution in [3.05, 3.63) is 81.7 Å². The summed E-state index contributed by atoms with van der Waals surface area (Å²) in [6.07, 6.45) is 0.890. The Kier molecular flexibility index (Phi) is 5.42. The van der Waals surface area contributed by atoms with E-state index in [2.05, 4.69) is 12.2 Å². The minimum Gasteiger partial charge on any atom is -0.495 e. The lowest BCUT2D eigenvalue weighted by Gasteiger charge is -2.16. The maximum atomic E-state index is 13.4. The van der Waals surface area contributed by atoms with Crippen LogP contribution in [0.1, 0.15) is 22.9 Å². The summed E-state index contributed by atoms with van der Waals surface area (Å²) < 4.78 is 5.44. The van der Waals surface area contributed by atoms with Crippen LogP contribution in [-0.2, 0) is 16.0 Å². The number of methoxy groups -OCH3 is 1. The lowest BCUT2D eigenvalue weighted by Crippen LogP contribution is -2.32. The zero-order valence-corrected chi connectivity index (χ0v) is 17.9. The molecule has 3 aromatic rings. The molecule has 0 atom stereocenters. The first-order chi connectivity index (χ1) is 14.5. The monoisotopic (exact) mass is 418 g/mol. The van der Waals surface area contributed by atoms with Crippen molar-refractivity contribution in [3.63, 3.8) is 0 Å². The molecule has 5 nitrogen and oxygen atoms in total. The molecule has 0 unspecified atom stereocenters. The summed E-state index contributed by atoms with van der Waals surface area (Å²) in [6.45, 7) is 4.03. The molecule has 0 fully saturated rings. The number of carbonyl (C=O) groups excluding carboxylic acids is 2. The van der Waals surface area contributed by atoms with Crippen molar-refractivity contribution in [2.24, 2.45) is 0 Å². The summed E-state index contributed by atoms with van der Waals surface area (Å²) in [7, 11) is 1.58. The number of thiophene rings is 1. The van der Waals surface area contributed by atoms with Crippen LogP contribution in [0.2, 0.25) is 0 Å². The van der Waals surface area contributed by atoms with E-state index in [9.17, 15) is 9.59 Å². The van der Waals surface area contributed by atoms with Gasteiger partial charge in [-0.3, -0.25) is 9.59 Å². The van der Waals surface area contributed by atoms with E-state index in [1.165, 1.54) is 16.2 Å². The van der Waals surface area contributed by atoms with E-state index >= 15 is 0 Å². The van der Waals surface area contributed by atoms with Crippen LogP contribution in [0, 0.1) is 6.92 Å². The number of anilines is 2. The Balaban J connectivity index is 1.79. The molecule has 30 heavy (non-hydrogen) atoms. The van der Waals surface area contributed by atoms with E-state index < -0.39 is 0 Å². The van der Waals surface area contributed by atoms with Gasteiger partial charge in [-0.2, -0.15) is 0 Å². The number of benzene rings is 2. The number of nitrogens with one attached hydrogen (secondary N) is 1. The second kappa shape index (κ2) is 8.16. The fourth-order valence-corrected chi connectivity index (χ4v) is 4.23. The van der Waals surface area contributed by atoms with Crippen LogP contribution in [0.3, 0.4) is 0 Å². The number of rotatable bonds is 6. The van der Waals surface area contributed by atoms with Gasteiger partial charge in [0.25, 0.3) is 11.8 Å². The second-order valence-electron chi connectivity index (χ2n) is 7.02. The highest BCUT2D eigenvalue weighted by atomic mass is 32.1. The Labute approximate surface area is 179 Å². The average molecular weight is 419 g/mol. The van der Waals surface area contributed by atoms with Gasteiger partial charge in [-0.1, -0.05) is 31.2 Å². The highest BCUT2D eigenvalue weighted by molar-refractivity contribution is 7.11. The predicted octanol–water partition coefficient (Wildman–Crippen LogP) is 5.02. The molecule has 2 aromatic carbocycles. The third-order valence-electron chi connectivity index (χ3n) is 5.07. The van der Waals surface area contributed by atoms with Crippen molar-refractivity contribution < 1.29 is 14.3 Å². The number of nitrogens with zero attached hydrogens (tertiary/aromatic N) is 1. The summed E-state index contributed by atoms with van der Waals surface area (Å²) in [5.41, 5.74) is 3.99. The van der Waals surface area contributed by atoms with Crippen molar-refractivity contribution in [3.8, 4) is 5.75 Å². The van der Waals surface area contributed by atoms with Crippen LogP contribution in [-0.4, -0.2) is 18.9 Å². The van der Waals surface area contributed by atoms with Crippen molar-refractivity contribution >= 4 is 40.1 Å². The summed E-state index contributed by atoms with van der Waals surface area (Å²) in [5, 5.41) is 5.08. The Morgan fingerprint density at radius 2 is 1.80 bits per heavy atom. The van der Waals surface area contributed by atoms with Gasteiger partial charge in [0.2, 0.25) is 0 Å². The highest BCUT2D eigenvalue weighted by Crippen LogP contribution is 2.37. The Bertz CT molecular complexity index is 1130. The molecule has 0 saturated carbocycles. The number of hydrogen-bond acceptors (Lipinski definition) is 5. The van der Waals surface area contributed by atoms with Gasteiger partial charge >= 0.3 is 0 Å². The van der Waals surface area contributed by atoms with Crippen LogP contribution < -0.4 is 15.0 Å². The van der Waals surface area contributed by atoms with Gasteiger partial charge in [-0.05, 0) is 60.2 Å². The second-order valence-corrected chi connectivity index (χ2v) is 7.97. The van der Waals surface area contributed by atoms with E-state index in [0.29, 0.717) is 22.7 Å². The van der Waals surface area contributed by atoms with E-state index in [-0.39, 0.29) is 17.5 Å². The number of carbonyl (C=O) groups is 2. The molecule has 2 heterocycles. The van der Waals surface area contributed by atoms with Gasteiger partial charge < -0.3 is 10.1 Å². The zero-order chi connectivity index (χ0) is 21.3. The van der Waals surface area contributed by atoms with Gasteiger partial charge in [-0.15, -0.1) is 11.3 Å². The molecule has 1 aliphatic rings. The lowest BCUT2D eigenvalue weighted by molar-refractivity contribution is -0.120. The summed E-state index contributed by atoms with van der Waals surface area (Å²) >= 11 is 1.43. The molecule has 1 aromatic heterocycles. The smallest absolute Gasteiger partial charge is 0.282 e. The van der Waals surface area contributed by atoms with Crippen LogP contribution in [0.25, 0.3) is 5.57 Å². The van der Waals surface area contributed by atoms with E-state index in [1.54, 1.807) is 7.11 Å². The quantitative estimate of drug-likeness (QED) is 0.571. The lowest BCUT2D eigenvalue weighted by atomic mass is 10.1. The Hall–Kier alpha value is -3.38.